The van der Waals surface area contributed by atoms with E-state index in [4.69, 9.17) is 23.2 Å². The predicted molar refractivity (Wildman–Crippen MR) is 124 cm³/mol. The van der Waals surface area contributed by atoms with E-state index in [1.807, 2.05) is 0 Å². The molecule has 0 aliphatic heterocycles. The van der Waals surface area contributed by atoms with Crippen molar-refractivity contribution in [2.24, 2.45) is 0 Å². The third kappa shape index (κ3) is 5.28. The number of amides is 2. The Morgan fingerprint density at radius 3 is 1.94 bits per heavy atom. The summed E-state index contributed by atoms with van der Waals surface area (Å²) >= 11 is 11.9. The average Bonchev–Trinajstić information content (AvgIpc) is 2.75. The van der Waals surface area contributed by atoms with Crippen LogP contribution in [0, 0.1) is 10.1 Å². The summed E-state index contributed by atoms with van der Waals surface area (Å²) in [5, 5.41) is 16.3. The van der Waals surface area contributed by atoms with Gasteiger partial charge >= 0.3 is 6.03 Å². The smallest absolute Gasteiger partial charge is 0.308 e. The quantitative estimate of drug-likeness (QED) is 0.352. The molecule has 0 heterocycles. The van der Waals surface area contributed by atoms with E-state index in [1.54, 1.807) is 0 Å². The average molecular weight is 495 g/mol. The molecule has 0 unspecified atom stereocenters. The molecule has 12 heteroatoms. The lowest BCUT2D eigenvalue weighted by Crippen LogP contribution is -2.26. The van der Waals surface area contributed by atoms with Crippen molar-refractivity contribution < 1.29 is 18.1 Å². The lowest BCUT2D eigenvalue weighted by Gasteiger charge is -2.20. The SMILES string of the molecule is CN(c1ccc(Cl)c(Cl)c1)S(=O)(=O)c1ccc(NC(=O)Nc2ccc([N+](=O)[O-])cc2)cc1. The summed E-state index contributed by atoms with van der Waals surface area (Å²) < 4.78 is 26.8. The summed E-state index contributed by atoms with van der Waals surface area (Å²) in [7, 11) is -2.49. The molecule has 3 aromatic rings. The molecule has 0 radical (unpaired) electrons. The van der Waals surface area contributed by atoms with E-state index >= 15 is 0 Å². The maximum absolute atomic E-state index is 12.9. The number of benzene rings is 3. The van der Waals surface area contributed by atoms with Crippen molar-refractivity contribution in [3.63, 3.8) is 0 Å². The molecule has 0 aliphatic rings. The van der Waals surface area contributed by atoms with Gasteiger partial charge in [-0.3, -0.25) is 14.4 Å². The summed E-state index contributed by atoms with van der Waals surface area (Å²) in [5.41, 5.74) is 0.943. The number of nitro benzene ring substituents is 1. The van der Waals surface area contributed by atoms with Gasteiger partial charge in [0.2, 0.25) is 0 Å². The second kappa shape index (κ2) is 9.43. The van der Waals surface area contributed by atoms with Crippen molar-refractivity contribution in [1.82, 2.24) is 0 Å². The number of non-ortho nitro benzene ring substituents is 1. The van der Waals surface area contributed by atoms with E-state index < -0.39 is 21.0 Å². The maximum Gasteiger partial charge on any atom is 0.323 e. The molecule has 0 saturated carbocycles. The summed E-state index contributed by atoms with van der Waals surface area (Å²) in [6, 6.07) is 14.8. The van der Waals surface area contributed by atoms with Gasteiger partial charge in [-0.1, -0.05) is 23.2 Å². The normalized spacial score (nSPS) is 11.0. The van der Waals surface area contributed by atoms with Crippen molar-refractivity contribution >= 4 is 62.0 Å². The Morgan fingerprint density at radius 2 is 1.44 bits per heavy atom. The van der Waals surface area contributed by atoms with Crippen molar-refractivity contribution in [3.05, 3.63) is 86.9 Å². The lowest BCUT2D eigenvalue weighted by molar-refractivity contribution is -0.384. The molecule has 0 saturated heterocycles. The molecule has 0 atom stereocenters. The fourth-order valence-electron chi connectivity index (χ4n) is 2.65. The lowest BCUT2D eigenvalue weighted by atomic mass is 10.3. The molecule has 0 spiro atoms. The minimum absolute atomic E-state index is 0.00685. The number of carbonyl (C=O) groups is 1. The Labute approximate surface area is 193 Å². The van der Waals surface area contributed by atoms with Gasteiger partial charge in [0.1, 0.15) is 0 Å². The highest BCUT2D eigenvalue weighted by molar-refractivity contribution is 7.92. The highest BCUT2D eigenvalue weighted by Crippen LogP contribution is 2.29. The van der Waals surface area contributed by atoms with Crippen LogP contribution in [-0.4, -0.2) is 26.4 Å². The highest BCUT2D eigenvalue weighted by Gasteiger charge is 2.22. The molecule has 3 aromatic carbocycles. The van der Waals surface area contributed by atoms with Crippen LogP contribution in [0.15, 0.2) is 71.6 Å². The molecule has 2 N–H and O–H groups in total. The van der Waals surface area contributed by atoms with E-state index in [0.29, 0.717) is 22.1 Å². The number of hydrogen-bond donors (Lipinski definition) is 2. The van der Waals surface area contributed by atoms with Gasteiger partial charge in [0.15, 0.2) is 0 Å². The zero-order chi connectivity index (χ0) is 23.5. The molecular weight excluding hydrogens is 479 g/mol. The number of carbonyl (C=O) groups excluding carboxylic acids is 1. The van der Waals surface area contributed by atoms with Crippen molar-refractivity contribution in [2.75, 3.05) is 22.0 Å². The number of anilines is 3. The van der Waals surface area contributed by atoms with Crippen LogP contribution in [0.4, 0.5) is 27.5 Å². The van der Waals surface area contributed by atoms with E-state index in [-0.39, 0.29) is 15.6 Å². The zero-order valence-electron chi connectivity index (χ0n) is 16.5. The van der Waals surface area contributed by atoms with E-state index in [9.17, 15) is 23.3 Å². The van der Waals surface area contributed by atoms with Gasteiger partial charge in [-0.05, 0) is 54.6 Å². The molecular formula is C20H16Cl2N4O5S. The number of nitro groups is 1. The number of urea groups is 1. The molecule has 2 amide bonds. The van der Waals surface area contributed by atoms with Crippen molar-refractivity contribution in [2.45, 2.75) is 4.90 Å². The fraction of sp³-hybridized carbons (Fsp3) is 0.0500. The van der Waals surface area contributed by atoms with Gasteiger partial charge in [-0.15, -0.1) is 0 Å². The maximum atomic E-state index is 12.9. The molecule has 0 aromatic heterocycles. The number of hydrogen-bond acceptors (Lipinski definition) is 5. The van der Waals surface area contributed by atoms with Gasteiger partial charge in [0, 0.05) is 30.6 Å². The van der Waals surface area contributed by atoms with Gasteiger partial charge < -0.3 is 10.6 Å². The van der Waals surface area contributed by atoms with Crippen LogP contribution in [0.2, 0.25) is 10.0 Å². The number of nitrogens with zero attached hydrogens (tertiary/aromatic N) is 2. The van der Waals surface area contributed by atoms with Gasteiger partial charge in [0.05, 0.1) is 25.6 Å². The first-order chi connectivity index (χ1) is 15.1. The van der Waals surface area contributed by atoms with Crippen molar-refractivity contribution in [3.8, 4) is 0 Å². The van der Waals surface area contributed by atoms with Crippen LogP contribution in [0.5, 0.6) is 0 Å². The zero-order valence-corrected chi connectivity index (χ0v) is 18.8. The van der Waals surface area contributed by atoms with Crippen LogP contribution in [-0.2, 0) is 10.0 Å². The first-order valence-corrected chi connectivity index (χ1v) is 11.1. The molecule has 32 heavy (non-hydrogen) atoms. The number of nitrogens with one attached hydrogen (secondary N) is 2. The van der Waals surface area contributed by atoms with Gasteiger partial charge in [0.25, 0.3) is 15.7 Å². The topological polar surface area (TPSA) is 122 Å². The molecule has 0 fully saturated rings. The van der Waals surface area contributed by atoms with Gasteiger partial charge in [-0.25, -0.2) is 13.2 Å². The van der Waals surface area contributed by atoms with Crippen LogP contribution in [0.1, 0.15) is 0 Å². The molecule has 3 rings (SSSR count). The van der Waals surface area contributed by atoms with E-state index in [2.05, 4.69) is 10.6 Å². The monoisotopic (exact) mass is 494 g/mol. The standard InChI is InChI=1S/C20H16Cl2N4O5S/c1-25(16-8-11-18(21)19(22)12-16)32(30,31)17-9-4-14(5-10-17)24-20(27)23-13-2-6-15(7-3-13)26(28)29/h2-12H,1H3,(H2,23,24,27). The van der Waals surface area contributed by atoms with E-state index in [1.165, 1.54) is 73.8 Å². The summed E-state index contributed by atoms with van der Waals surface area (Å²) in [6.07, 6.45) is 0. The van der Waals surface area contributed by atoms with Crippen molar-refractivity contribution in [1.29, 1.82) is 0 Å². The molecule has 0 aliphatic carbocycles. The minimum Gasteiger partial charge on any atom is -0.308 e. The minimum atomic E-state index is -3.88. The van der Waals surface area contributed by atoms with E-state index in [0.717, 1.165) is 4.31 Å². The molecule has 0 bridgehead atoms. The fourth-order valence-corrected chi connectivity index (χ4v) is 4.13. The first-order valence-electron chi connectivity index (χ1n) is 8.94. The third-order valence-corrected chi connectivity index (χ3v) is 6.91. The summed E-state index contributed by atoms with van der Waals surface area (Å²) in [5.74, 6) is 0. The van der Waals surface area contributed by atoms with Gasteiger partial charge in [-0.2, -0.15) is 0 Å². The number of sulfonamides is 1. The summed E-state index contributed by atoms with van der Waals surface area (Å²) in [6.45, 7) is 0. The Bertz CT molecular complexity index is 1270. The second-order valence-corrected chi connectivity index (χ2v) is 9.26. The highest BCUT2D eigenvalue weighted by atomic mass is 35.5. The number of halogens is 2. The Morgan fingerprint density at radius 1 is 0.906 bits per heavy atom. The van der Waals surface area contributed by atoms with Crippen LogP contribution >= 0.6 is 23.2 Å². The Balaban J connectivity index is 1.68. The largest absolute Gasteiger partial charge is 0.323 e. The predicted octanol–water partition coefficient (Wildman–Crippen LogP) is 5.37. The third-order valence-electron chi connectivity index (χ3n) is 4.37. The van der Waals surface area contributed by atoms with Crippen LogP contribution in [0.3, 0.4) is 0 Å². The Hall–Kier alpha value is -3.34. The first kappa shape index (κ1) is 23.3. The van der Waals surface area contributed by atoms with Crippen LogP contribution in [0.25, 0.3) is 0 Å². The Kier molecular flexibility index (Phi) is 6.87. The second-order valence-electron chi connectivity index (χ2n) is 6.48. The van der Waals surface area contributed by atoms with Crippen LogP contribution < -0.4 is 14.9 Å². The summed E-state index contributed by atoms with van der Waals surface area (Å²) in [4.78, 5) is 22.3. The number of rotatable bonds is 6. The molecule has 9 nitrogen and oxygen atoms in total. The molecule has 166 valence electrons.